The molecule has 2 aromatic rings. The molecule has 3 rings (SSSR count). The minimum absolute atomic E-state index is 0.687. The molecule has 0 radical (unpaired) electrons. The number of hydrogen-bond donors (Lipinski definition) is 1. The molecule has 3 heteroatoms. The summed E-state index contributed by atoms with van der Waals surface area (Å²) in [5.41, 5.74) is 5.70. The van der Waals surface area contributed by atoms with E-state index in [0.717, 1.165) is 19.6 Å². The molecule has 0 bridgehead atoms. The Morgan fingerprint density at radius 2 is 2.05 bits per heavy atom. The molecule has 0 spiro atoms. The molecule has 3 nitrogen and oxygen atoms in total. The summed E-state index contributed by atoms with van der Waals surface area (Å²) < 4.78 is 2.04. The maximum atomic E-state index is 4.48. The van der Waals surface area contributed by atoms with Gasteiger partial charge in [-0.1, -0.05) is 32.0 Å². The molecule has 0 aliphatic heterocycles. The summed E-state index contributed by atoms with van der Waals surface area (Å²) in [5, 5.41) is 7.94. The van der Waals surface area contributed by atoms with Gasteiger partial charge in [0.1, 0.15) is 0 Å². The smallest absolute Gasteiger partial charge is 0.0659 e. The van der Waals surface area contributed by atoms with Crippen molar-refractivity contribution in [3.05, 3.63) is 52.8 Å². The van der Waals surface area contributed by atoms with Crippen LogP contribution in [0.1, 0.15) is 42.5 Å². The summed E-state index contributed by atoms with van der Waals surface area (Å²) in [6.07, 6.45) is 7.93. The Hall–Kier alpha value is -1.61. The van der Waals surface area contributed by atoms with Gasteiger partial charge in [0.05, 0.1) is 12.7 Å². The summed E-state index contributed by atoms with van der Waals surface area (Å²) in [6, 6.07) is 6.91. The lowest BCUT2D eigenvalue weighted by molar-refractivity contribution is 0.552. The lowest BCUT2D eigenvalue weighted by atomic mass is 10.1. The van der Waals surface area contributed by atoms with Gasteiger partial charge in [-0.25, -0.2) is 0 Å². The molecular weight excluding hydrogens is 258 g/mol. The monoisotopic (exact) mass is 283 g/mol. The molecule has 0 amide bonds. The number of aromatic nitrogens is 2. The first kappa shape index (κ1) is 14.3. The first-order valence-corrected chi connectivity index (χ1v) is 8.03. The van der Waals surface area contributed by atoms with E-state index in [4.69, 9.17) is 0 Å². The van der Waals surface area contributed by atoms with Gasteiger partial charge in [0.2, 0.25) is 0 Å². The van der Waals surface area contributed by atoms with Gasteiger partial charge in [-0.3, -0.25) is 4.68 Å². The van der Waals surface area contributed by atoms with Crippen LogP contribution in [0.15, 0.2) is 30.6 Å². The normalized spacial score (nSPS) is 13.9. The topological polar surface area (TPSA) is 29.9 Å². The standard InChI is InChI=1S/C18H25N3/c1-14(2)9-19-10-16-11-20-21(13-16)12-15-6-7-17-4-3-5-18(17)8-15/h6-8,11,13-14,19H,3-5,9-10,12H2,1-2H3. The maximum Gasteiger partial charge on any atom is 0.0659 e. The zero-order valence-electron chi connectivity index (χ0n) is 13.1. The molecule has 1 aromatic heterocycles. The Labute approximate surface area is 127 Å². The average Bonchev–Trinajstić information content (AvgIpc) is 3.07. The summed E-state index contributed by atoms with van der Waals surface area (Å²) >= 11 is 0. The fraction of sp³-hybridized carbons (Fsp3) is 0.500. The largest absolute Gasteiger partial charge is 0.312 e. The van der Waals surface area contributed by atoms with Crippen molar-refractivity contribution in [2.75, 3.05) is 6.54 Å². The lowest BCUT2D eigenvalue weighted by Gasteiger charge is -2.06. The van der Waals surface area contributed by atoms with Crippen molar-refractivity contribution < 1.29 is 0 Å². The van der Waals surface area contributed by atoms with Gasteiger partial charge in [0.25, 0.3) is 0 Å². The van der Waals surface area contributed by atoms with Crippen molar-refractivity contribution in [3.63, 3.8) is 0 Å². The van der Waals surface area contributed by atoms with E-state index < -0.39 is 0 Å². The van der Waals surface area contributed by atoms with E-state index in [0.29, 0.717) is 5.92 Å². The van der Waals surface area contributed by atoms with Gasteiger partial charge in [-0.15, -0.1) is 0 Å². The zero-order valence-corrected chi connectivity index (χ0v) is 13.1. The quantitative estimate of drug-likeness (QED) is 0.882. The molecule has 1 heterocycles. The number of rotatable bonds is 6. The van der Waals surface area contributed by atoms with Crippen LogP contribution < -0.4 is 5.32 Å². The molecule has 1 aliphatic rings. The average molecular weight is 283 g/mol. The predicted octanol–water partition coefficient (Wildman–Crippen LogP) is 3.17. The summed E-state index contributed by atoms with van der Waals surface area (Å²) in [5.74, 6) is 0.687. The van der Waals surface area contributed by atoms with E-state index >= 15 is 0 Å². The highest BCUT2D eigenvalue weighted by molar-refractivity contribution is 5.35. The SMILES string of the molecule is CC(C)CNCc1cnn(Cc2ccc3c(c2)CCC3)c1. The minimum Gasteiger partial charge on any atom is -0.312 e. The number of nitrogens with one attached hydrogen (secondary N) is 1. The maximum absolute atomic E-state index is 4.48. The Morgan fingerprint density at radius 3 is 2.90 bits per heavy atom. The number of aryl methyl sites for hydroxylation is 2. The van der Waals surface area contributed by atoms with E-state index in [1.54, 1.807) is 5.56 Å². The van der Waals surface area contributed by atoms with Gasteiger partial charge in [-0.2, -0.15) is 5.10 Å². The van der Waals surface area contributed by atoms with E-state index in [1.165, 1.54) is 36.0 Å². The number of nitrogens with zero attached hydrogens (tertiary/aromatic N) is 2. The number of hydrogen-bond acceptors (Lipinski definition) is 2. The van der Waals surface area contributed by atoms with Crippen LogP contribution in [0.5, 0.6) is 0 Å². The third-order valence-corrected chi connectivity index (χ3v) is 4.08. The first-order valence-electron chi connectivity index (χ1n) is 8.03. The van der Waals surface area contributed by atoms with Crippen molar-refractivity contribution in [1.82, 2.24) is 15.1 Å². The molecule has 0 saturated heterocycles. The third kappa shape index (κ3) is 3.73. The van der Waals surface area contributed by atoms with E-state index in [9.17, 15) is 0 Å². The Bertz CT molecular complexity index is 598. The fourth-order valence-electron chi connectivity index (χ4n) is 3.00. The van der Waals surface area contributed by atoms with Crippen LogP contribution >= 0.6 is 0 Å². The molecule has 0 saturated carbocycles. The second-order valence-corrected chi connectivity index (χ2v) is 6.53. The molecule has 0 unspecified atom stereocenters. The van der Waals surface area contributed by atoms with Crippen molar-refractivity contribution in [3.8, 4) is 0 Å². The molecule has 21 heavy (non-hydrogen) atoms. The highest BCUT2D eigenvalue weighted by Gasteiger charge is 2.11. The Morgan fingerprint density at radius 1 is 1.19 bits per heavy atom. The van der Waals surface area contributed by atoms with Crippen molar-refractivity contribution in [2.45, 2.75) is 46.2 Å². The highest BCUT2D eigenvalue weighted by Crippen LogP contribution is 2.23. The second-order valence-electron chi connectivity index (χ2n) is 6.53. The van der Waals surface area contributed by atoms with Crippen molar-refractivity contribution in [1.29, 1.82) is 0 Å². The van der Waals surface area contributed by atoms with Crippen LogP contribution in [0.4, 0.5) is 0 Å². The van der Waals surface area contributed by atoms with Gasteiger partial charge in [0.15, 0.2) is 0 Å². The predicted molar refractivity (Wildman–Crippen MR) is 86.3 cm³/mol. The molecule has 0 atom stereocenters. The van der Waals surface area contributed by atoms with Crippen LogP contribution in [-0.4, -0.2) is 16.3 Å². The molecule has 112 valence electrons. The van der Waals surface area contributed by atoms with Crippen molar-refractivity contribution >= 4 is 0 Å². The zero-order chi connectivity index (χ0) is 14.7. The van der Waals surface area contributed by atoms with Gasteiger partial charge in [0, 0.05) is 18.3 Å². The van der Waals surface area contributed by atoms with Gasteiger partial charge >= 0.3 is 0 Å². The van der Waals surface area contributed by atoms with Crippen LogP contribution in [0.3, 0.4) is 0 Å². The second kappa shape index (κ2) is 6.44. The van der Waals surface area contributed by atoms with Crippen LogP contribution in [0.2, 0.25) is 0 Å². The fourth-order valence-corrected chi connectivity index (χ4v) is 3.00. The number of benzene rings is 1. The van der Waals surface area contributed by atoms with Gasteiger partial charge < -0.3 is 5.32 Å². The molecule has 1 aromatic carbocycles. The summed E-state index contributed by atoms with van der Waals surface area (Å²) in [4.78, 5) is 0. The lowest BCUT2D eigenvalue weighted by Crippen LogP contribution is -2.18. The van der Waals surface area contributed by atoms with Crippen LogP contribution in [-0.2, 0) is 25.9 Å². The highest BCUT2D eigenvalue weighted by atomic mass is 15.3. The third-order valence-electron chi connectivity index (χ3n) is 4.08. The minimum atomic E-state index is 0.687. The molecule has 1 aliphatic carbocycles. The van der Waals surface area contributed by atoms with E-state index in [1.807, 2.05) is 10.9 Å². The van der Waals surface area contributed by atoms with E-state index in [2.05, 4.69) is 48.7 Å². The van der Waals surface area contributed by atoms with Crippen molar-refractivity contribution in [2.24, 2.45) is 5.92 Å². The first-order chi connectivity index (χ1) is 10.2. The molecule has 1 N–H and O–H groups in total. The van der Waals surface area contributed by atoms with Crippen LogP contribution in [0.25, 0.3) is 0 Å². The van der Waals surface area contributed by atoms with Crippen LogP contribution in [0, 0.1) is 5.92 Å². The van der Waals surface area contributed by atoms with E-state index in [-0.39, 0.29) is 0 Å². The van der Waals surface area contributed by atoms with Gasteiger partial charge in [-0.05, 0) is 48.4 Å². The Kier molecular flexibility index (Phi) is 4.39. The Balaban J connectivity index is 1.59. The summed E-state index contributed by atoms with van der Waals surface area (Å²) in [7, 11) is 0. The number of fused-ring (bicyclic) bond motifs is 1. The summed E-state index contributed by atoms with van der Waals surface area (Å²) in [6.45, 7) is 7.28. The molecular formula is C18H25N3. The molecule has 0 fully saturated rings.